The van der Waals surface area contributed by atoms with Gasteiger partial charge in [0.2, 0.25) is 5.91 Å². The molecule has 0 spiro atoms. The van der Waals surface area contributed by atoms with Gasteiger partial charge in [0.15, 0.2) is 5.58 Å². The van der Waals surface area contributed by atoms with Crippen molar-refractivity contribution in [2.75, 3.05) is 43.4 Å². The molecule has 0 saturated carbocycles. The van der Waals surface area contributed by atoms with E-state index in [9.17, 15) is 18.0 Å². The number of rotatable bonds is 10. The maximum atomic E-state index is 12.6. The van der Waals surface area contributed by atoms with E-state index in [2.05, 4.69) is 29.0 Å². The van der Waals surface area contributed by atoms with Gasteiger partial charge in [-0.1, -0.05) is 26.0 Å². The predicted octanol–water partition coefficient (Wildman–Crippen LogP) is 5.67. The summed E-state index contributed by atoms with van der Waals surface area (Å²) < 4.78 is 43.8. The molecule has 182 valence electrons. The Balaban J connectivity index is 1.59. The molecule has 3 aromatic rings. The Bertz CT molecular complexity index is 1120. The van der Waals surface area contributed by atoms with Gasteiger partial charge in [-0.25, -0.2) is 0 Å². The summed E-state index contributed by atoms with van der Waals surface area (Å²) in [5, 5.41) is 2.73. The molecule has 0 fully saturated rings. The number of halogens is 3. The van der Waals surface area contributed by atoms with Gasteiger partial charge < -0.3 is 19.5 Å². The summed E-state index contributed by atoms with van der Waals surface area (Å²) in [6.07, 6.45) is -0.678. The van der Waals surface area contributed by atoms with Gasteiger partial charge in [0, 0.05) is 25.4 Å². The number of hydrogen-bond acceptors (Lipinski definition) is 5. The van der Waals surface area contributed by atoms with E-state index in [1.54, 1.807) is 18.2 Å². The van der Waals surface area contributed by atoms with E-state index in [0.717, 1.165) is 44.7 Å². The Morgan fingerprint density at radius 1 is 1.09 bits per heavy atom. The fraction of sp³-hybridized carbons (Fsp3) is 0.360. The summed E-state index contributed by atoms with van der Waals surface area (Å²) >= 11 is 0. The van der Waals surface area contributed by atoms with Gasteiger partial charge in [-0.15, -0.1) is 0 Å². The molecule has 1 amide bonds. The molecule has 0 aliphatic rings. The lowest BCUT2D eigenvalue weighted by Gasteiger charge is -2.20. The standard InChI is InChI=1S/C25H29F3N4O2/c1-4-32(5-2)16-6-15-31(3)24-30-21-17-20(12-13-22(21)34-24)29-23(33)14-9-18-7-10-19(11-8-18)25(26,27)28/h7-14,17H,4-6,15-16H2,1-3H3,(H,29,33)/b14-9-. The second-order valence-corrected chi connectivity index (χ2v) is 7.92. The lowest BCUT2D eigenvalue weighted by Crippen LogP contribution is -2.28. The molecule has 2 aromatic carbocycles. The summed E-state index contributed by atoms with van der Waals surface area (Å²) in [6.45, 7) is 8.16. The van der Waals surface area contributed by atoms with Crippen LogP contribution in [0.1, 0.15) is 31.4 Å². The number of nitrogens with zero attached hydrogens (tertiary/aromatic N) is 3. The van der Waals surface area contributed by atoms with Gasteiger partial charge >= 0.3 is 6.18 Å². The highest BCUT2D eigenvalue weighted by molar-refractivity contribution is 6.02. The van der Waals surface area contributed by atoms with E-state index >= 15 is 0 Å². The lowest BCUT2D eigenvalue weighted by atomic mass is 10.1. The van der Waals surface area contributed by atoms with Crippen molar-refractivity contribution >= 4 is 34.8 Å². The van der Waals surface area contributed by atoms with Gasteiger partial charge in [-0.2, -0.15) is 18.2 Å². The van der Waals surface area contributed by atoms with E-state index < -0.39 is 17.6 Å². The van der Waals surface area contributed by atoms with E-state index in [1.807, 2.05) is 11.9 Å². The third kappa shape index (κ3) is 6.84. The highest BCUT2D eigenvalue weighted by atomic mass is 19.4. The minimum Gasteiger partial charge on any atom is -0.423 e. The molecule has 0 aliphatic carbocycles. The zero-order valence-corrected chi connectivity index (χ0v) is 19.5. The molecular weight excluding hydrogens is 445 g/mol. The molecule has 0 radical (unpaired) electrons. The third-order valence-electron chi connectivity index (χ3n) is 5.50. The Morgan fingerprint density at radius 3 is 2.44 bits per heavy atom. The number of carbonyl (C=O) groups is 1. The van der Waals surface area contributed by atoms with Crippen LogP contribution in [0.15, 0.2) is 53.0 Å². The average Bonchev–Trinajstić information content (AvgIpc) is 3.24. The Kier molecular flexibility index (Phi) is 8.33. The molecule has 0 atom stereocenters. The molecule has 34 heavy (non-hydrogen) atoms. The van der Waals surface area contributed by atoms with Gasteiger partial charge in [0.25, 0.3) is 6.01 Å². The van der Waals surface area contributed by atoms with E-state index in [0.29, 0.717) is 28.4 Å². The SMILES string of the molecule is CCN(CC)CCCN(C)c1nc2cc(NC(=O)/C=C\c3ccc(C(F)(F)F)cc3)ccc2o1. The van der Waals surface area contributed by atoms with Crippen molar-refractivity contribution in [3.8, 4) is 0 Å². The Morgan fingerprint density at radius 2 is 1.79 bits per heavy atom. The first-order valence-electron chi connectivity index (χ1n) is 11.2. The summed E-state index contributed by atoms with van der Waals surface area (Å²) in [5.74, 6) is -0.406. The monoisotopic (exact) mass is 474 g/mol. The zero-order chi connectivity index (χ0) is 24.7. The van der Waals surface area contributed by atoms with Crippen molar-refractivity contribution in [3.05, 3.63) is 59.7 Å². The minimum absolute atomic E-state index is 0.406. The Hall–Kier alpha value is -3.33. The molecule has 6 nitrogen and oxygen atoms in total. The highest BCUT2D eigenvalue weighted by Gasteiger charge is 2.29. The zero-order valence-electron chi connectivity index (χ0n) is 19.5. The normalized spacial score (nSPS) is 12.1. The van der Waals surface area contributed by atoms with Crippen molar-refractivity contribution in [1.82, 2.24) is 9.88 Å². The molecule has 1 N–H and O–H groups in total. The van der Waals surface area contributed by atoms with Crippen molar-refractivity contribution in [2.45, 2.75) is 26.4 Å². The van der Waals surface area contributed by atoms with Crippen LogP contribution in [0.3, 0.4) is 0 Å². The first kappa shape index (κ1) is 25.3. The smallest absolute Gasteiger partial charge is 0.416 e. The van der Waals surface area contributed by atoms with Gasteiger partial charge in [0.1, 0.15) is 5.52 Å². The number of fused-ring (bicyclic) bond motifs is 1. The van der Waals surface area contributed by atoms with Crippen LogP contribution in [-0.4, -0.2) is 49.0 Å². The van der Waals surface area contributed by atoms with Crippen LogP contribution in [0, 0.1) is 0 Å². The number of carbonyl (C=O) groups excluding carboxylic acids is 1. The summed E-state index contributed by atoms with van der Waals surface area (Å²) in [7, 11) is 1.93. The maximum Gasteiger partial charge on any atom is 0.416 e. The lowest BCUT2D eigenvalue weighted by molar-refractivity contribution is -0.137. The molecule has 9 heteroatoms. The fourth-order valence-electron chi connectivity index (χ4n) is 3.46. The molecule has 1 heterocycles. The van der Waals surface area contributed by atoms with Crippen molar-refractivity contribution in [2.24, 2.45) is 0 Å². The molecule has 0 bridgehead atoms. The number of hydrogen-bond donors (Lipinski definition) is 1. The number of nitrogens with one attached hydrogen (secondary N) is 1. The largest absolute Gasteiger partial charge is 0.423 e. The average molecular weight is 475 g/mol. The van der Waals surface area contributed by atoms with Gasteiger partial charge in [-0.3, -0.25) is 4.79 Å². The van der Waals surface area contributed by atoms with Crippen LogP contribution in [0.5, 0.6) is 0 Å². The second kappa shape index (κ2) is 11.2. The number of oxazole rings is 1. The maximum absolute atomic E-state index is 12.6. The number of benzene rings is 2. The van der Waals surface area contributed by atoms with Crippen molar-refractivity contribution in [1.29, 1.82) is 0 Å². The highest BCUT2D eigenvalue weighted by Crippen LogP contribution is 2.29. The third-order valence-corrected chi connectivity index (χ3v) is 5.50. The predicted molar refractivity (Wildman–Crippen MR) is 129 cm³/mol. The van der Waals surface area contributed by atoms with E-state index in [1.165, 1.54) is 24.3 Å². The van der Waals surface area contributed by atoms with Crippen LogP contribution in [0.4, 0.5) is 24.9 Å². The molecule has 0 aliphatic heterocycles. The number of amides is 1. The van der Waals surface area contributed by atoms with Gasteiger partial charge in [-0.05, 0) is 68.0 Å². The summed E-state index contributed by atoms with van der Waals surface area (Å²) in [4.78, 5) is 21.1. The topological polar surface area (TPSA) is 61.6 Å². The van der Waals surface area contributed by atoms with Gasteiger partial charge in [0.05, 0.1) is 5.56 Å². The summed E-state index contributed by atoms with van der Waals surface area (Å²) in [5.41, 5.74) is 1.53. The van der Waals surface area contributed by atoms with Crippen molar-refractivity contribution < 1.29 is 22.4 Å². The number of aromatic nitrogens is 1. The first-order chi connectivity index (χ1) is 16.2. The van der Waals surface area contributed by atoms with E-state index in [4.69, 9.17) is 4.42 Å². The Labute approximate surface area is 197 Å². The van der Waals surface area contributed by atoms with Crippen LogP contribution >= 0.6 is 0 Å². The first-order valence-corrected chi connectivity index (χ1v) is 11.2. The molecular formula is C25H29F3N4O2. The second-order valence-electron chi connectivity index (χ2n) is 7.92. The van der Waals surface area contributed by atoms with Crippen LogP contribution in [0.2, 0.25) is 0 Å². The quantitative estimate of drug-likeness (QED) is 0.384. The molecule has 1 aromatic heterocycles. The fourth-order valence-corrected chi connectivity index (χ4v) is 3.46. The van der Waals surface area contributed by atoms with Crippen molar-refractivity contribution in [3.63, 3.8) is 0 Å². The molecule has 0 unspecified atom stereocenters. The van der Waals surface area contributed by atoms with Crippen LogP contribution in [-0.2, 0) is 11.0 Å². The number of anilines is 2. The molecule has 3 rings (SSSR count). The minimum atomic E-state index is -4.39. The molecule has 0 saturated heterocycles. The summed E-state index contributed by atoms with van der Waals surface area (Å²) in [6, 6.07) is 10.3. The van der Waals surface area contributed by atoms with Crippen LogP contribution < -0.4 is 10.2 Å². The van der Waals surface area contributed by atoms with Crippen LogP contribution in [0.25, 0.3) is 17.2 Å². The number of alkyl halides is 3. The van der Waals surface area contributed by atoms with E-state index in [-0.39, 0.29) is 0 Å².